The lowest BCUT2D eigenvalue weighted by Gasteiger charge is -2.19. The number of halogens is 11. The molecule has 6 rings (SSSR count). The highest BCUT2D eigenvalue weighted by atomic mass is 79.9. The molecule has 0 unspecified atom stereocenters. The number of hydrogen-bond acceptors (Lipinski definition) is 8. The highest BCUT2D eigenvalue weighted by Gasteiger charge is 2.64. The smallest absolute Gasteiger partial charge is 0.355 e. The first-order valence-electron chi connectivity index (χ1n) is 18.4. The second-order valence-electron chi connectivity index (χ2n) is 13.5. The number of carbonyl (C=O) groups excluding carboxylic acids is 4. The summed E-state index contributed by atoms with van der Waals surface area (Å²) in [6.45, 7) is 1.79. The molecule has 0 aliphatic heterocycles. The zero-order valence-corrected chi connectivity index (χ0v) is 36.9. The molecule has 0 aliphatic rings. The number of alkyl halides is 8. The molecule has 0 saturated carbocycles. The largest absolute Gasteiger partial charge is 0.459 e. The Kier molecular flexibility index (Phi) is 15.3. The molecule has 0 radical (unpaired) electrons. The molecule has 0 atom stereocenters. The zero-order valence-electron chi connectivity index (χ0n) is 33.8. The Morgan fingerprint density at radius 1 is 0.803 bits per heavy atom. The van der Waals surface area contributed by atoms with Crippen molar-refractivity contribution in [2.45, 2.75) is 31.7 Å². The van der Waals surface area contributed by atoms with Crippen molar-refractivity contribution in [1.82, 2.24) is 35.2 Å². The van der Waals surface area contributed by atoms with Crippen LogP contribution in [-0.4, -0.2) is 61.4 Å². The molecule has 0 fully saturated rings. The molecule has 0 spiro atoms. The molecule has 4 N–H and O–H groups in total. The van der Waals surface area contributed by atoms with Gasteiger partial charge in [0.25, 0.3) is 23.6 Å². The van der Waals surface area contributed by atoms with Crippen molar-refractivity contribution in [3.8, 4) is 11.9 Å². The SMILES string of the molecule is CNC(=O)c1cc(C#N)cc(C)c1NC(=O)c1cc(Br)nn1-c1ncccc1Cl.Cn1nc(C(F)(F)C(F)(F)F)c(C(F)(F)F)c1C(=O)Nc1ccc(Cl)c(C(=O)NCc2ccccc2)c1. The average Bonchev–Trinajstić information content (AvgIpc) is 3.84. The van der Waals surface area contributed by atoms with Crippen molar-refractivity contribution in [2.75, 3.05) is 17.7 Å². The van der Waals surface area contributed by atoms with Crippen molar-refractivity contribution in [3.05, 3.63) is 150 Å². The number of aromatic nitrogens is 5. The van der Waals surface area contributed by atoms with Crippen LogP contribution in [0.4, 0.5) is 46.5 Å². The van der Waals surface area contributed by atoms with Gasteiger partial charge in [-0.05, 0) is 76.4 Å². The summed E-state index contributed by atoms with van der Waals surface area (Å²) >= 11 is 15.5. The molecule has 0 bridgehead atoms. The van der Waals surface area contributed by atoms with Crippen LogP contribution in [0.3, 0.4) is 0 Å². The molecule has 344 valence electrons. The third-order valence-electron chi connectivity index (χ3n) is 8.99. The van der Waals surface area contributed by atoms with Gasteiger partial charge in [0.1, 0.15) is 21.6 Å². The van der Waals surface area contributed by atoms with Gasteiger partial charge in [-0.15, -0.1) is 0 Å². The second-order valence-corrected chi connectivity index (χ2v) is 15.1. The fourth-order valence-electron chi connectivity index (χ4n) is 5.97. The Hall–Kier alpha value is -6.90. The van der Waals surface area contributed by atoms with Gasteiger partial charge in [0.05, 0.1) is 38.5 Å². The van der Waals surface area contributed by atoms with Crippen LogP contribution in [0.1, 0.15) is 69.6 Å². The standard InChI is InChI=1S/C22H15ClF8N4O2.C19H14BrClN6O2/c1-35-16(15(21(26,27)28)17(34-35)20(24,25)22(29,30)31)19(37)33-12-7-8-14(23)13(9-12)18(36)32-10-11-5-3-2-4-6-11;1-10-6-11(9-22)7-12(18(28)23-2)16(10)25-19(29)14-8-15(20)26-27(14)17-13(21)4-3-5-24-17/h2-9H,10H2,1H3,(H,32,36)(H,33,37);3-8H,1-2H3,(H,23,28)(H,25,29). The molecule has 0 aliphatic carbocycles. The van der Waals surface area contributed by atoms with E-state index in [0.29, 0.717) is 33.5 Å². The minimum absolute atomic E-state index is 0.0312. The fourth-order valence-corrected chi connectivity index (χ4v) is 6.75. The molecule has 3 aromatic heterocycles. The highest BCUT2D eigenvalue weighted by molar-refractivity contribution is 9.10. The lowest BCUT2D eigenvalue weighted by Crippen LogP contribution is -2.36. The third-order valence-corrected chi connectivity index (χ3v) is 10.0. The predicted molar refractivity (Wildman–Crippen MR) is 226 cm³/mol. The number of carbonyl (C=O) groups is 4. The number of nitriles is 1. The molecule has 0 saturated heterocycles. The fraction of sp³-hybridized carbons (Fsp3) is 0.171. The van der Waals surface area contributed by atoms with Gasteiger partial charge in [-0.25, -0.2) is 9.67 Å². The van der Waals surface area contributed by atoms with E-state index in [0.717, 1.165) is 23.8 Å². The van der Waals surface area contributed by atoms with E-state index in [2.05, 4.69) is 47.1 Å². The van der Waals surface area contributed by atoms with Crippen molar-refractivity contribution in [3.63, 3.8) is 0 Å². The summed E-state index contributed by atoms with van der Waals surface area (Å²) in [4.78, 5) is 54.7. The van der Waals surface area contributed by atoms with Crippen LogP contribution in [0, 0.1) is 18.3 Å². The Labute approximate surface area is 386 Å². The van der Waals surface area contributed by atoms with Crippen LogP contribution in [0.15, 0.2) is 89.7 Å². The summed E-state index contributed by atoms with van der Waals surface area (Å²) in [6, 6.07) is 21.7. The summed E-state index contributed by atoms with van der Waals surface area (Å²) in [5, 5.41) is 26.1. The van der Waals surface area contributed by atoms with E-state index in [1.807, 2.05) is 11.4 Å². The van der Waals surface area contributed by atoms with E-state index in [1.165, 1.54) is 30.1 Å². The Morgan fingerprint density at radius 2 is 1.48 bits per heavy atom. The number of pyridine rings is 1. The maximum Gasteiger partial charge on any atom is 0.459 e. The Morgan fingerprint density at radius 3 is 2.09 bits per heavy atom. The van der Waals surface area contributed by atoms with E-state index in [9.17, 15) is 59.6 Å². The van der Waals surface area contributed by atoms with E-state index in [-0.39, 0.29) is 44.6 Å². The van der Waals surface area contributed by atoms with Crippen molar-refractivity contribution < 1.29 is 54.3 Å². The molecule has 3 heterocycles. The average molecular weight is 1030 g/mol. The van der Waals surface area contributed by atoms with E-state index in [1.54, 1.807) is 55.5 Å². The summed E-state index contributed by atoms with van der Waals surface area (Å²) < 4.78 is 108. The first-order valence-corrected chi connectivity index (χ1v) is 19.9. The lowest BCUT2D eigenvalue weighted by molar-refractivity contribution is -0.292. The van der Waals surface area contributed by atoms with Gasteiger partial charge in [-0.3, -0.25) is 23.9 Å². The molecular formula is C41H29BrCl2F8N10O4. The molecule has 14 nitrogen and oxygen atoms in total. The lowest BCUT2D eigenvalue weighted by atomic mass is 10.0. The van der Waals surface area contributed by atoms with E-state index >= 15 is 0 Å². The molecule has 4 amide bonds. The number of amides is 4. The Bertz CT molecular complexity index is 2880. The second kappa shape index (κ2) is 20.1. The van der Waals surface area contributed by atoms with Crippen LogP contribution in [0.5, 0.6) is 0 Å². The minimum Gasteiger partial charge on any atom is -0.355 e. The number of nitrogens with zero attached hydrogens (tertiary/aromatic N) is 6. The normalized spacial score (nSPS) is 11.5. The van der Waals surface area contributed by atoms with E-state index in [4.69, 9.17) is 23.2 Å². The number of hydrogen-bond donors (Lipinski definition) is 4. The minimum atomic E-state index is -6.41. The van der Waals surface area contributed by atoms with Crippen LogP contribution < -0.4 is 21.3 Å². The first-order chi connectivity index (χ1) is 30.9. The summed E-state index contributed by atoms with van der Waals surface area (Å²) in [5.74, 6) is -9.09. The van der Waals surface area contributed by atoms with Gasteiger partial charge in [0.2, 0.25) is 0 Å². The highest BCUT2D eigenvalue weighted by Crippen LogP contribution is 2.48. The number of anilines is 2. The summed E-state index contributed by atoms with van der Waals surface area (Å²) in [5.41, 5.74) is -5.06. The number of benzene rings is 3. The number of rotatable bonds is 10. The Balaban J connectivity index is 0.000000255. The van der Waals surface area contributed by atoms with E-state index < -0.39 is 58.9 Å². The monoisotopic (exact) mass is 1030 g/mol. The summed E-state index contributed by atoms with van der Waals surface area (Å²) in [7, 11) is 2.07. The van der Waals surface area contributed by atoms with Gasteiger partial charge in [0, 0.05) is 38.6 Å². The zero-order chi connectivity index (χ0) is 48.9. The van der Waals surface area contributed by atoms with Gasteiger partial charge in [-0.1, -0.05) is 53.5 Å². The van der Waals surface area contributed by atoms with Crippen molar-refractivity contribution >= 4 is 74.1 Å². The quantitative estimate of drug-likeness (QED) is 0.0977. The van der Waals surface area contributed by atoms with Crippen molar-refractivity contribution in [1.29, 1.82) is 5.26 Å². The van der Waals surface area contributed by atoms with Crippen LogP contribution >= 0.6 is 39.1 Å². The predicted octanol–water partition coefficient (Wildman–Crippen LogP) is 9.40. The first kappa shape index (κ1) is 50.1. The van der Waals surface area contributed by atoms with Crippen molar-refractivity contribution in [2.24, 2.45) is 7.05 Å². The summed E-state index contributed by atoms with van der Waals surface area (Å²) in [6.07, 6.45) is -10.7. The number of aryl methyl sites for hydroxylation is 2. The van der Waals surface area contributed by atoms with Crippen LogP contribution in [0.25, 0.3) is 5.82 Å². The molecular weight excluding hydrogens is 999 g/mol. The van der Waals surface area contributed by atoms with Crippen LogP contribution in [-0.2, 0) is 25.7 Å². The van der Waals surface area contributed by atoms with Gasteiger partial charge in [-0.2, -0.15) is 50.6 Å². The molecule has 66 heavy (non-hydrogen) atoms. The van der Waals surface area contributed by atoms with Gasteiger partial charge < -0.3 is 21.3 Å². The van der Waals surface area contributed by atoms with Gasteiger partial charge >= 0.3 is 18.3 Å². The third kappa shape index (κ3) is 11.1. The number of nitrogens with one attached hydrogen (secondary N) is 4. The topological polar surface area (TPSA) is 189 Å². The molecule has 25 heteroatoms. The maximum absolute atomic E-state index is 13.8. The maximum atomic E-state index is 13.8. The van der Waals surface area contributed by atoms with Gasteiger partial charge in [0.15, 0.2) is 11.5 Å². The molecule has 6 aromatic rings. The van der Waals surface area contributed by atoms with Crippen LogP contribution in [0.2, 0.25) is 10.0 Å². The molecule has 3 aromatic carbocycles.